The van der Waals surface area contributed by atoms with Gasteiger partial charge in [0.2, 0.25) is 0 Å². The summed E-state index contributed by atoms with van der Waals surface area (Å²) < 4.78 is 5.46. The lowest BCUT2D eigenvalue weighted by Gasteiger charge is -2.31. The second-order valence-electron chi connectivity index (χ2n) is 7.06. The van der Waals surface area contributed by atoms with Gasteiger partial charge in [-0.25, -0.2) is 4.98 Å². The van der Waals surface area contributed by atoms with Gasteiger partial charge in [0.1, 0.15) is 5.82 Å². The fourth-order valence-corrected chi connectivity index (χ4v) is 3.57. The van der Waals surface area contributed by atoms with E-state index in [9.17, 15) is 0 Å². The Hall–Kier alpha value is -2.17. The number of rotatable bonds is 4. The maximum atomic E-state index is 5.46. The van der Waals surface area contributed by atoms with Gasteiger partial charge in [-0.05, 0) is 50.1 Å². The van der Waals surface area contributed by atoms with E-state index in [1.54, 1.807) is 0 Å². The summed E-state index contributed by atoms with van der Waals surface area (Å²) in [6.07, 6.45) is 2.26. The molecule has 1 fully saturated rings. The van der Waals surface area contributed by atoms with E-state index in [1.165, 1.54) is 11.1 Å². The Morgan fingerprint density at radius 1 is 1.07 bits per heavy atom. The van der Waals surface area contributed by atoms with E-state index in [-0.39, 0.29) is 0 Å². The van der Waals surface area contributed by atoms with E-state index in [2.05, 4.69) is 66.3 Å². The zero-order chi connectivity index (χ0) is 19.2. The maximum Gasteiger partial charge on any atom is 0.138 e. The molecule has 0 amide bonds. The third-order valence-electron chi connectivity index (χ3n) is 5.11. The summed E-state index contributed by atoms with van der Waals surface area (Å²) in [5.41, 5.74) is 5.83. The highest BCUT2D eigenvalue weighted by atomic mass is 16.5. The van der Waals surface area contributed by atoms with Gasteiger partial charge in [-0.1, -0.05) is 44.2 Å². The van der Waals surface area contributed by atoms with E-state index < -0.39 is 0 Å². The minimum absolute atomic E-state index is 0.632. The van der Waals surface area contributed by atoms with Crippen LogP contribution in [0.1, 0.15) is 37.8 Å². The maximum absolute atomic E-state index is 5.46. The molecule has 0 spiro atoms. The molecule has 1 aromatic heterocycles. The molecule has 2 aromatic carbocycles. The molecule has 1 saturated heterocycles. The first-order chi connectivity index (χ1) is 13.2. The Morgan fingerprint density at radius 2 is 1.78 bits per heavy atom. The van der Waals surface area contributed by atoms with Crippen LogP contribution in [-0.4, -0.2) is 41.2 Å². The number of hydrogen-bond acceptors (Lipinski definition) is 3. The highest BCUT2D eigenvalue weighted by Gasteiger charge is 2.18. The molecule has 1 aliphatic heterocycles. The van der Waals surface area contributed by atoms with E-state index in [0.29, 0.717) is 6.04 Å². The molecule has 0 unspecified atom stereocenters. The molecule has 1 aliphatic rings. The molecule has 1 N–H and O–H groups in total. The number of aromatic nitrogens is 2. The first-order valence-corrected chi connectivity index (χ1v) is 10.0. The fourth-order valence-electron chi connectivity index (χ4n) is 3.57. The molecule has 0 saturated carbocycles. The van der Waals surface area contributed by atoms with Crippen LogP contribution in [0.15, 0.2) is 42.5 Å². The number of hydrogen-bond donors (Lipinski definition) is 1. The average molecular weight is 366 g/mol. The SMILES string of the molecule is CC.Cc1ccc2nc(-c3ccc(CN(C)C4CCOCC4)cc3)[nH]c2c1. The molecule has 0 radical (unpaired) electrons. The molecule has 3 aromatic rings. The van der Waals surface area contributed by atoms with Crippen molar-refractivity contribution in [1.82, 2.24) is 14.9 Å². The van der Waals surface area contributed by atoms with Crippen molar-refractivity contribution in [3.8, 4) is 11.4 Å². The number of nitrogens with one attached hydrogen (secondary N) is 1. The summed E-state index contributed by atoms with van der Waals surface area (Å²) in [5.74, 6) is 0.935. The summed E-state index contributed by atoms with van der Waals surface area (Å²) in [7, 11) is 2.21. The molecule has 0 atom stereocenters. The van der Waals surface area contributed by atoms with E-state index in [0.717, 1.165) is 55.0 Å². The van der Waals surface area contributed by atoms with Crippen molar-refractivity contribution in [2.24, 2.45) is 0 Å². The van der Waals surface area contributed by atoms with Crippen LogP contribution in [0.2, 0.25) is 0 Å². The standard InChI is InChI=1S/C21H25N3O.C2H6/c1-15-3-8-19-20(13-15)23-21(22-19)17-6-4-16(5-7-17)14-24(2)18-9-11-25-12-10-18;1-2/h3-8,13,18H,9-12,14H2,1-2H3,(H,22,23);1-2H3. The minimum Gasteiger partial charge on any atom is -0.381 e. The minimum atomic E-state index is 0.632. The van der Waals surface area contributed by atoms with Crippen molar-refractivity contribution < 1.29 is 4.74 Å². The van der Waals surface area contributed by atoms with E-state index in [1.807, 2.05) is 13.8 Å². The number of ether oxygens (including phenoxy) is 1. The number of nitrogens with zero attached hydrogens (tertiary/aromatic N) is 2. The largest absolute Gasteiger partial charge is 0.381 e. The number of benzene rings is 2. The van der Waals surface area contributed by atoms with Crippen LogP contribution >= 0.6 is 0 Å². The average Bonchev–Trinajstić information content (AvgIpc) is 3.14. The topological polar surface area (TPSA) is 41.2 Å². The highest BCUT2D eigenvalue weighted by Crippen LogP contribution is 2.22. The predicted molar refractivity (Wildman–Crippen MR) is 113 cm³/mol. The molecule has 0 aliphatic carbocycles. The number of aryl methyl sites for hydroxylation is 1. The quantitative estimate of drug-likeness (QED) is 0.693. The Balaban J connectivity index is 0.00000102. The third-order valence-corrected chi connectivity index (χ3v) is 5.11. The van der Waals surface area contributed by atoms with Crippen LogP contribution in [0.4, 0.5) is 0 Å². The summed E-state index contributed by atoms with van der Waals surface area (Å²) in [6.45, 7) is 8.85. The lowest BCUT2D eigenvalue weighted by Crippen LogP contribution is -2.36. The molecule has 144 valence electrons. The van der Waals surface area contributed by atoms with E-state index in [4.69, 9.17) is 9.72 Å². The van der Waals surface area contributed by atoms with Crippen LogP contribution in [0, 0.1) is 6.92 Å². The highest BCUT2D eigenvalue weighted by molar-refractivity contribution is 5.79. The molecule has 4 nitrogen and oxygen atoms in total. The number of imidazole rings is 1. The van der Waals surface area contributed by atoms with Gasteiger partial charge < -0.3 is 9.72 Å². The molecular formula is C23H31N3O. The number of H-pyrrole nitrogens is 1. The zero-order valence-electron chi connectivity index (χ0n) is 17.0. The number of fused-ring (bicyclic) bond motifs is 1. The van der Waals surface area contributed by atoms with E-state index >= 15 is 0 Å². The van der Waals surface area contributed by atoms with Crippen molar-refractivity contribution in [1.29, 1.82) is 0 Å². The van der Waals surface area contributed by atoms with Gasteiger partial charge >= 0.3 is 0 Å². The van der Waals surface area contributed by atoms with Gasteiger partial charge in [0.05, 0.1) is 11.0 Å². The monoisotopic (exact) mass is 365 g/mol. The smallest absolute Gasteiger partial charge is 0.138 e. The summed E-state index contributed by atoms with van der Waals surface area (Å²) in [5, 5.41) is 0. The Kier molecular flexibility index (Phi) is 6.64. The molecule has 4 heteroatoms. The van der Waals surface area contributed by atoms with Crippen LogP contribution in [0.25, 0.3) is 22.4 Å². The van der Waals surface area contributed by atoms with Gasteiger partial charge in [-0.3, -0.25) is 4.90 Å². The Labute approximate surface area is 162 Å². The van der Waals surface area contributed by atoms with Crippen molar-refractivity contribution in [2.45, 2.75) is 46.2 Å². The molecule has 0 bridgehead atoms. The molecule has 2 heterocycles. The second-order valence-corrected chi connectivity index (χ2v) is 7.06. The first-order valence-electron chi connectivity index (χ1n) is 10.0. The van der Waals surface area contributed by atoms with Gasteiger partial charge in [0, 0.05) is 31.4 Å². The van der Waals surface area contributed by atoms with Crippen LogP contribution in [-0.2, 0) is 11.3 Å². The summed E-state index contributed by atoms with van der Waals surface area (Å²) >= 11 is 0. The van der Waals surface area contributed by atoms with Gasteiger partial charge in [-0.2, -0.15) is 0 Å². The Morgan fingerprint density at radius 3 is 2.48 bits per heavy atom. The van der Waals surface area contributed by atoms with Crippen molar-refractivity contribution >= 4 is 11.0 Å². The van der Waals surface area contributed by atoms with Crippen molar-refractivity contribution in [2.75, 3.05) is 20.3 Å². The first kappa shape index (κ1) is 19.6. The molecule has 27 heavy (non-hydrogen) atoms. The van der Waals surface area contributed by atoms with Crippen LogP contribution in [0.3, 0.4) is 0 Å². The zero-order valence-corrected chi connectivity index (χ0v) is 17.0. The van der Waals surface area contributed by atoms with Gasteiger partial charge in [0.15, 0.2) is 0 Å². The van der Waals surface area contributed by atoms with Gasteiger partial charge in [0.25, 0.3) is 0 Å². The Bertz CT molecular complexity index is 848. The summed E-state index contributed by atoms with van der Waals surface area (Å²) in [6, 6.07) is 15.7. The normalized spacial score (nSPS) is 15.0. The lowest BCUT2D eigenvalue weighted by atomic mass is 10.1. The van der Waals surface area contributed by atoms with Gasteiger partial charge in [-0.15, -0.1) is 0 Å². The molecule has 4 rings (SSSR count). The van der Waals surface area contributed by atoms with Crippen molar-refractivity contribution in [3.05, 3.63) is 53.6 Å². The second kappa shape index (κ2) is 9.16. The third kappa shape index (κ3) is 4.76. The fraction of sp³-hybridized carbons (Fsp3) is 0.435. The van der Waals surface area contributed by atoms with Crippen LogP contribution in [0.5, 0.6) is 0 Å². The predicted octanol–water partition coefficient (Wildman–Crippen LogP) is 5.18. The summed E-state index contributed by atoms with van der Waals surface area (Å²) in [4.78, 5) is 10.6. The van der Waals surface area contributed by atoms with Crippen LogP contribution < -0.4 is 0 Å². The number of aromatic amines is 1. The lowest BCUT2D eigenvalue weighted by molar-refractivity contribution is 0.0407. The molecular weight excluding hydrogens is 334 g/mol. The van der Waals surface area contributed by atoms with Crippen molar-refractivity contribution in [3.63, 3.8) is 0 Å².